The molecule has 0 aromatic heterocycles. The number of aromatic hydroxyl groups is 1. The number of esters is 1. The molecule has 3 aromatic carbocycles. The summed E-state index contributed by atoms with van der Waals surface area (Å²) in [5, 5.41) is 10.9. The summed E-state index contributed by atoms with van der Waals surface area (Å²) in [5.41, 5.74) is -0.554. The molecule has 1 atom stereocenters. The van der Waals surface area contributed by atoms with Gasteiger partial charge in [-0.1, -0.05) is 42.5 Å². The predicted molar refractivity (Wildman–Crippen MR) is 123 cm³/mol. The molecule has 35 heavy (non-hydrogen) atoms. The Kier molecular flexibility index (Phi) is 7.11. The van der Waals surface area contributed by atoms with Gasteiger partial charge in [-0.25, -0.2) is 8.42 Å². The molecule has 0 fully saturated rings. The van der Waals surface area contributed by atoms with Crippen LogP contribution >= 0.6 is 0 Å². The average Bonchev–Trinajstić information content (AvgIpc) is 2.75. The van der Waals surface area contributed by atoms with Crippen LogP contribution < -0.4 is 4.72 Å². The second-order valence-corrected chi connectivity index (χ2v) is 9.71. The summed E-state index contributed by atoms with van der Waals surface area (Å²) in [6.07, 6.45) is -6.28. The van der Waals surface area contributed by atoms with Crippen LogP contribution in [0.15, 0.2) is 59.5 Å². The van der Waals surface area contributed by atoms with Crippen molar-refractivity contribution in [1.82, 2.24) is 0 Å². The maximum Gasteiger partial charge on any atom is 0.451 e. The molecule has 186 valence electrons. The number of anilines is 1. The molecule has 3 aromatic rings. The normalized spacial score (nSPS) is 13.0. The van der Waals surface area contributed by atoms with Crippen LogP contribution in [0.4, 0.5) is 18.9 Å². The van der Waals surface area contributed by atoms with Crippen LogP contribution in [-0.2, 0) is 24.3 Å². The zero-order chi connectivity index (χ0) is 26.1. The van der Waals surface area contributed by atoms with Crippen molar-refractivity contribution < 1.29 is 41.0 Å². The van der Waals surface area contributed by atoms with Gasteiger partial charge in [-0.2, -0.15) is 13.2 Å². The Morgan fingerprint density at radius 1 is 1.00 bits per heavy atom. The monoisotopic (exact) mass is 509 g/mol. The number of alkyl halides is 3. The van der Waals surface area contributed by atoms with E-state index in [2.05, 4.69) is 4.72 Å². The molecule has 3 rings (SSSR count). The summed E-state index contributed by atoms with van der Waals surface area (Å²) in [5.74, 6) is -7.33. The quantitative estimate of drug-likeness (QED) is 0.269. The third-order valence-electron chi connectivity index (χ3n) is 5.11. The lowest BCUT2D eigenvalue weighted by Gasteiger charge is -2.22. The van der Waals surface area contributed by atoms with Gasteiger partial charge in [-0.15, -0.1) is 0 Å². The van der Waals surface area contributed by atoms with Crippen molar-refractivity contribution >= 4 is 38.2 Å². The lowest BCUT2D eigenvalue weighted by atomic mass is 9.90. The number of rotatable bonds is 7. The van der Waals surface area contributed by atoms with Crippen molar-refractivity contribution in [1.29, 1.82) is 0 Å². The standard InChI is InChI=1S/C24H22F3NO6S/c1-13(2)34-23(31)20(22(30)24(25,26)27)17-12-18(15-9-5-6-10-16(15)21(17)29)28-35(32,33)19-11-7-4-8-14(19)3/h4-13,20,28-29H,1-3H3. The van der Waals surface area contributed by atoms with Crippen molar-refractivity contribution in [2.24, 2.45) is 0 Å². The topological polar surface area (TPSA) is 110 Å². The van der Waals surface area contributed by atoms with E-state index in [1.807, 2.05) is 0 Å². The molecule has 0 bridgehead atoms. The molecule has 0 spiro atoms. The number of fused-ring (bicyclic) bond motifs is 1. The van der Waals surface area contributed by atoms with E-state index in [0.717, 1.165) is 6.07 Å². The Labute approximate surface area is 199 Å². The number of carbonyl (C=O) groups is 2. The molecule has 7 nitrogen and oxygen atoms in total. The fourth-order valence-corrected chi connectivity index (χ4v) is 4.90. The van der Waals surface area contributed by atoms with E-state index in [4.69, 9.17) is 4.74 Å². The number of ether oxygens (including phenoxy) is 1. The Balaban J connectivity index is 2.27. The molecular formula is C24H22F3NO6S. The van der Waals surface area contributed by atoms with Crippen molar-refractivity contribution in [3.63, 3.8) is 0 Å². The number of halogens is 3. The SMILES string of the molecule is Cc1ccccc1S(=O)(=O)Nc1cc(C(C(=O)OC(C)C)C(=O)C(F)(F)F)c(O)c2ccccc12. The number of carbonyl (C=O) groups excluding carboxylic acids is 2. The summed E-state index contributed by atoms with van der Waals surface area (Å²) in [6, 6.07) is 12.6. The Hall–Kier alpha value is -3.60. The zero-order valence-corrected chi connectivity index (χ0v) is 19.7. The highest BCUT2D eigenvalue weighted by molar-refractivity contribution is 7.92. The van der Waals surface area contributed by atoms with Crippen LogP contribution in [0.25, 0.3) is 10.8 Å². The molecule has 2 N–H and O–H groups in total. The van der Waals surface area contributed by atoms with Gasteiger partial charge in [0.15, 0.2) is 5.92 Å². The average molecular weight is 510 g/mol. The van der Waals surface area contributed by atoms with Crippen molar-refractivity contribution in [3.8, 4) is 5.75 Å². The first kappa shape index (κ1) is 26.0. The van der Waals surface area contributed by atoms with Gasteiger partial charge in [0, 0.05) is 16.3 Å². The van der Waals surface area contributed by atoms with Gasteiger partial charge in [0.05, 0.1) is 16.7 Å². The van der Waals surface area contributed by atoms with Crippen molar-refractivity contribution in [3.05, 3.63) is 65.7 Å². The molecule has 0 radical (unpaired) electrons. The molecule has 0 amide bonds. The summed E-state index contributed by atoms with van der Waals surface area (Å²) >= 11 is 0. The number of sulfonamides is 1. The van der Waals surface area contributed by atoms with E-state index in [9.17, 15) is 36.3 Å². The molecule has 0 saturated carbocycles. The minimum absolute atomic E-state index is 0.0650. The Bertz CT molecular complexity index is 1400. The number of ketones is 1. The lowest BCUT2D eigenvalue weighted by molar-refractivity contribution is -0.178. The molecule has 11 heteroatoms. The molecule has 0 saturated heterocycles. The van der Waals surface area contributed by atoms with Crippen molar-refractivity contribution in [2.75, 3.05) is 4.72 Å². The minimum Gasteiger partial charge on any atom is -0.507 e. The first-order valence-electron chi connectivity index (χ1n) is 10.4. The highest BCUT2D eigenvalue weighted by Crippen LogP contribution is 2.41. The fraction of sp³-hybridized carbons (Fsp3) is 0.250. The maximum absolute atomic E-state index is 13.4. The zero-order valence-electron chi connectivity index (χ0n) is 18.9. The van der Waals surface area contributed by atoms with Gasteiger partial charge in [0.25, 0.3) is 15.8 Å². The number of hydrogen-bond acceptors (Lipinski definition) is 6. The number of phenols is 1. The molecule has 0 heterocycles. The number of benzene rings is 3. The molecule has 1 unspecified atom stereocenters. The van der Waals surface area contributed by atoms with Gasteiger partial charge in [-0.05, 0) is 38.5 Å². The van der Waals surface area contributed by atoms with E-state index in [1.165, 1.54) is 50.2 Å². The number of hydrogen-bond donors (Lipinski definition) is 2. The van der Waals surface area contributed by atoms with Crippen LogP contribution in [0.1, 0.15) is 30.9 Å². The van der Waals surface area contributed by atoms with Crippen LogP contribution in [0.5, 0.6) is 5.75 Å². The molecular weight excluding hydrogens is 487 g/mol. The first-order chi connectivity index (χ1) is 16.2. The summed E-state index contributed by atoms with van der Waals surface area (Å²) in [6.45, 7) is 4.33. The van der Waals surface area contributed by atoms with E-state index in [-0.39, 0.29) is 21.4 Å². The third kappa shape index (κ3) is 5.40. The van der Waals surface area contributed by atoms with Gasteiger partial charge in [-0.3, -0.25) is 14.3 Å². The number of phenolic OH excluding ortho intramolecular Hbond substituents is 1. The summed E-state index contributed by atoms with van der Waals surface area (Å²) in [4.78, 5) is 24.8. The smallest absolute Gasteiger partial charge is 0.451 e. The molecule has 0 aliphatic heterocycles. The van der Waals surface area contributed by atoms with Gasteiger partial charge in [0.2, 0.25) is 0 Å². The van der Waals surface area contributed by atoms with E-state index in [1.54, 1.807) is 19.1 Å². The van der Waals surface area contributed by atoms with E-state index in [0.29, 0.717) is 5.56 Å². The lowest BCUT2D eigenvalue weighted by Crippen LogP contribution is -2.35. The van der Waals surface area contributed by atoms with E-state index >= 15 is 0 Å². The third-order valence-corrected chi connectivity index (χ3v) is 6.64. The number of nitrogens with one attached hydrogen (secondary N) is 1. The summed E-state index contributed by atoms with van der Waals surface area (Å²) < 4.78 is 73.6. The van der Waals surface area contributed by atoms with Gasteiger partial charge < -0.3 is 9.84 Å². The Morgan fingerprint density at radius 3 is 2.14 bits per heavy atom. The maximum atomic E-state index is 13.4. The minimum atomic E-state index is -5.43. The highest BCUT2D eigenvalue weighted by Gasteiger charge is 2.49. The van der Waals surface area contributed by atoms with E-state index < -0.39 is 51.3 Å². The predicted octanol–water partition coefficient (Wildman–Crippen LogP) is 4.82. The largest absolute Gasteiger partial charge is 0.507 e. The fourth-order valence-electron chi connectivity index (χ4n) is 3.58. The highest BCUT2D eigenvalue weighted by atomic mass is 32.2. The molecule has 0 aliphatic carbocycles. The second-order valence-electron chi connectivity index (χ2n) is 8.06. The van der Waals surface area contributed by atoms with Gasteiger partial charge >= 0.3 is 12.1 Å². The van der Waals surface area contributed by atoms with Crippen molar-refractivity contribution in [2.45, 2.75) is 43.9 Å². The van der Waals surface area contributed by atoms with Gasteiger partial charge in [0.1, 0.15) is 5.75 Å². The summed E-state index contributed by atoms with van der Waals surface area (Å²) in [7, 11) is -4.23. The van der Waals surface area contributed by atoms with Crippen LogP contribution in [0, 0.1) is 6.92 Å². The second kappa shape index (κ2) is 9.57. The number of Topliss-reactive ketones (excluding diaryl/α,β-unsaturated/α-hetero) is 1. The number of aryl methyl sites for hydroxylation is 1. The van der Waals surface area contributed by atoms with Crippen LogP contribution in [0.3, 0.4) is 0 Å². The first-order valence-corrected chi connectivity index (χ1v) is 11.9. The van der Waals surface area contributed by atoms with Crippen LogP contribution in [-0.4, -0.2) is 37.6 Å². The molecule has 0 aliphatic rings. The Morgan fingerprint density at radius 2 is 1.57 bits per heavy atom. The van der Waals surface area contributed by atoms with Crippen LogP contribution in [0.2, 0.25) is 0 Å².